The number of sulfonamides is 1. The highest BCUT2D eigenvalue weighted by atomic mass is 35.5. The molecule has 1 amide bonds. The molecule has 3 N–H and O–H groups in total. The molecular weight excluding hydrogens is 300 g/mol. The molecule has 1 rings (SSSR count). The van der Waals surface area contributed by atoms with Gasteiger partial charge in [-0.2, -0.15) is 0 Å². The molecule has 1 unspecified atom stereocenters. The van der Waals surface area contributed by atoms with Gasteiger partial charge in [0, 0.05) is 5.92 Å². The molecule has 0 saturated heterocycles. The summed E-state index contributed by atoms with van der Waals surface area (Å²) in [5.41, 5.74) is 0.977. The Morgan fingerprint density at radius 1 is 1.45 bits per heavy atom. The number of halogens is 1. The van der Waals surface area contributed by atoms with E-state index in [1.54, 1.807) is 6.92 Å². The predicted molar refractivity (Wildman–Crippen MR) is 80.3 cm³/mol. The summed E-state index contributed by atoms with van der Waals surface area (Å²) < 4.78 is 22.6. The van der Waals surface area contributed by atoms with Crippen LogP contribution in [-0.2, 0) is 14.8 Å². The molecule has 5 nitrogen and oxygen atoms in total. The van der Waals surface area contributed by atoms with Crippen LogP contribution < -0.4 is 10.5 Å². The first-order valence-electron chi connectivity index (χ1n) is 6.30. The van der Waals surface area contributed by atoms with Crippen molar-refractivity contribution in [2.75, 3.05) is 5.32 Å². The smallest absolute Gasteiger partial charge is 0.238 e. The monoisotopic (exact) mass is 318 g/mol. The Kier molecular flexibility index (Phi) is 5.56. The number of benzene rings is 1. The lowest BCUT2D eigenvalue weighted by Crippen LogP contribution is -2.21. The number of nitrogens with one attached hydrogen (secondary N) is 1. The van der Waals surface area contributed by atoms with E-state index in [-0.39, 0.29) is 21.7 Å². The van der Waals surface area contributed by atoms with Crippen LogP contribution in [0.5, 0.6) is 0 Å². The molecule has 0 heterocycles. The maximum Gasteiger partial charge on any atom is 0.238 e. The number of aryl methyl sites for hydroxylation is 1. The summed E-state index contributed by atoms with van der Waals surface area (Å²) in [4.78, 5) is 11.9. The van der Waals surface area contributed by atoms with E-state index in [0.29, 0.717) is 11.3 Å². The van der Waals surface area contributed by atoms with Crippen molar-refractivity contribution in [3.63, 3.8) is 0 Å². The van der Waals surface area contributed by atoms with Gasteiger partial charge in [-0.1, -0.05) is 31.9 Å². The molecule has 0 bridgehead atoms. The summed E-state index contributed by atoms with van der Waals surface area (Å²) in [5, 5.41) is 7.95. The Morgan fingerprint density at radius 3 is 2.50 bits per heavy atom. The van der Waals surface area contributed by atoms with Crippen LogP contribution in [0.2, 0.25) is 5.02 Å². The quantitative estimate of drug-likeness (QED) is 0.874. The fourth-order valence-electron chi connectivity index (χ4n) is 1.85. The summed E-state index contributed by atoms with van der Waals surface area (Å²) in [6.45, 7) is 5.50. The van der Waals surface area contributed by atoms with Crippen molar-refractivity contribution in [1.82, 2.24) is 0 Å². The average molecular weight is 319 g/mol. The van der Waals surface area contributed by atoms with E-state index >= 15 is 0 Å². The molecule has 7 heteroatoms. The number of rotatable bonds is 5. The molecule has 1 aromatic carbocycles. The molecule has 0 aliphatic rings. The number of carbonyl (C=O) groups excluding carboxylic acids is 1. The van der Waals surface area contributed by atoms with Crippen LogP contribution >= 0.6 is 11.6 Å². The molecule has 0 radical (unpaired) electrons. The Morgan fingerprint density at radius 2 is 2.05 bits per heavy atom. The molecule has 0 aromatic heterocycles. The van der Waals surface area contributed by atoms with Gasteiger partial charge in [0.2, 0.25) is 15.9 Å². The van der Waals surface area contributed by atoms with Crippen molar-refractivity contribution in [2.24, 2.45) is 11.1 Å². The van der Waals surface area contributed by atoms with Crippen molar-refractivity contribution in [2.45, 2.75) is 38.5 Å². The number of primary sulfonamides is 1. The summed E-state index contributed by atoms with van der Waals surface area (Å²) in [7, 11) is -3.82. The normalized spacial score (nSPS) is 13.1. The minimum absolute atomic E-state index is 0.0698. The zero-order chi connectivity index (χ0) is 15.5. The van der Waals surface area contributed by atoms with Gasteiger partial charge >= 0.3 is 0 Å². The standard InChI is InChI=1S/C13H19ClN2O3S/c1-4-5-8(2)13(17)16-12-9(3)6-10(7-11(12)14)20(15,18)19/h6-8H,4-5H2,1-3H3,(H,16,17)(H2,15,18,19). The van der Waals surface area contributed by atoms with Gasteiger partial charge in [-0.3, -0.25) is 4.79 Å². The second-order valence-electron chi connectivity index (χ2n) is 4.82. The van der Waals surface area contributed by atoms with E-state index in [4.69, 9.17) is 16.7 Å². The second-order valence-corrected chi connectivity index (χ2v) is 6.79. The molecular formula is C13H19ClN2O3S. The predicted octanol–water partition coefficient (Wildman–Crippen LogP) is 2.67. The first-order valence-corrected chi connectivity index (χ1v) is 8.23. The van der Waals surface area contributed by atoms with Crippen LogP contribution in [0.1, 0.15) is 32.3 Å². The van der Waals surface area contributed by atoms with E-state index in [0.717, 1.165) is 12.8 Å². The average Bonchev–Trinajstić information content (AvgIpc) is 2.32. The van der Waals surface area contributed by atoms with Crippen LogP contribution in [0.25, 0.3) is 0 Å². The summed E-state index contributed by atoms with van der Waals surface area (Å²) >= 11 is 6.03. The van der Waals surface area contributed by atoms with Crippen LogP contribution in [-0.4, -0.2) is 14.3 Å². The number of hydrogen-bond acceptors (Lipinski definition) is 3. The minimum atomic E-state index is -3.82. The lowest BCUT2D eigenvalue weighted by molar-refractivity contribution is -0.119. The van der Waals surface area contributed by atoms with Crippen molar-refractivity contribution >= 4 is 33.2 Å². The van der Waals surface area contributed by atoms with Crippen molar-refractivity contribution in [3.05, 3.63) is 22.7 Å². The fraction of sp³-hybridized carbons (Fsp3) is 0.462. The molecule has 0 aliphatic heterocycles. The molecule has 1 atom stereocenters. The Labute approximate surface area is 124 Å². The molecule has 0 saturated carbocycles. The Bertz CT molecular complexity index is 591. The highest BCUT2D eigenvalue weighted by molar-refractivity contribution is 7.89. The van der Waals surface area contributed by atoms with Crippen LogP contribution in [0.3, 0.4) is 0 Å². The summed E-state index contributed by atoms with van der Waals surface area (Å²) in [6.07, 6.45) is 1.68. The van der Waals surface area contributed by atoms with Gasteiger partial charge in [0.15, 0.2) is 0 Å². The lowest BCUT2D eigenvalue weighted by atomic mass is 10.1. The zero-order valence-corrected chi connectivity index (χ0v) is 13.3. The van der Waals surface area contributed by atoms with Gasteiger partial charge < -0.3 is 5.32 Å². The van der Waals surface area contributed by atoms with E-state index in [9.17, 15) is 13.2 Å². The van der Waals surface area contributed by atoms with Gasteiger partial charge in [0.1, 0.15) is 0 Å². The third-order valence-corrected chi connectivity index (χ3v) is 4.20. The second kappa shape index (κ2) is 6.56. The highest BCUT2D eigenvalue weighted by Crippen LogP contribution is 2.29. The fourth-order valence-corrected chi connectivity index (χ4v) is 2.85. The first-order chi connectivity index (χ1) is 9.16. The highest BCUT2D eigenvalue weighted by Gasteiger charge is 2.17. The molecule has 0 aliphatic carbocycles. The Balaban J connectivity index is 3.07. The number of amides is 1. The molecule has 112 valence electrons. The molecule has 0 spiro atoms. The molecule has 20 heavy (non-hydrogen) atoms. The van der Waals surface area contributed by atoms with Gasteiger partial charge in [0.05, 0.1) is 15.6 Å². The maximum atomic E-state index is 12.0. The van der Waals surface area contributed by atoms with Crippen molar-refractivity contribution < 1.29 is 13.2 Å². The van der Waals surface area contributed by atoms with Crippen LogP contribution in [0.15, 0.2) is 17.0 Å². The third kappa shape index (κ3) is 4.19. The minimum Gasteiger partial charge on any atom is -0.324 e. The SMILES string of the molecule is CCCC(C)C(=O)Nc1c(C)cc(S(N)(=O)=O)cc1Cl. The summed E-state index contributed by atoms with van der Waals surface area (Å²) in [6, 6.07) is 2.63. The largest absolute Gasteiger partial charge is 0.324 e. The van der Waals surface area contributed by atoms with Gasteiger partial charge in [-0.05, 0) is 31.0 Å². The number of anilines is 1. The number of carbonyl (C=O) groups is 1. The number of hydrogen-bond donors (Lipinski definition) is 2. The summed E-state index contributed by atoms with van der Waals surface area (Å²) in [5.74, 6) is -0.270. The molecule has 0 fully saturated rings. The zero-order valence-electron chi connectivity index (χ0n) is 11.7. The van der Waals surface area contributed by atoms with E-state index in [1.807, 2.05) is 13.8 Å². The van der Waals surface area contributed by atoms with Crippen LogP contribution in [0, 0.1) is 12.8 Å². The van der Waals surface area contributed by atoms with Crippen LogP contribution in [0.4, 0.5) is 5.69 Å². The third-order valence-electron chi connectivity index (χ3n) is 3.01. The topological polar surface area (TPSA) is 89.3 Å². The lowest BCUT2D eigenvalue weighted by Gasteiger charge is -2.15. The molecule has 1 aromatic rings. The van der Waals surface area contributed by atoms with Gasteiger partial charge in [-0.25, -0.2) is 13.6 Å². The van der Waals surface area contributed by atoms with Gasteiger partial charge in [0.25, 0.3) is 0 Å². The maximum absolute atomic E-state index is 12.0. The van der Waals surface area contributed by atoms with Crippen molar-refractivity contribution in [3.8, 4) is 0 Å². The van der Waals surface area contributed by atoms with Crippen molar-refractivity contribution in [1.29, 1.82) is 0 Å². The Hall–Kier alpha value is -1.11. The van der Waals surface area contributed by atoms with E-state index in [1.165, 1.54) is 12.1 Å². The van der Waals surface area contributed by atoms with Gasteiger partial charge in [-0.15, -0.1) is 0 Å². The number of nitrogens with two attached hydrogens (primary N) is 1. The van der Waals surface area contributed by atoms with E-state index < -0.39 is 10.0 Å². The van der Waals surface area contributed by atoms with E-state index in [2.05, 4.69) is 5.32 Å². The first kappa shape index (κ1) is 16.9.